The van der Waals surface area contributed by atoms with Crippen molar-refractivity contribution in [3.63, 3.8) is 0 Å². The van der Waals surface area contributed by atoms with Crippen molar-refractivity contribution in [3.8, 4) is 0 Å². The molecule has 0 atom stereocenters. The quantitative estimate of drug-likeness (QED) is 0.818. The Morgan fingerprint density at radius 1 is 1.00 bits per heavy atom. The molecular weight excluding hydrogens is 256 g/mol. The summed E-state index contributed by atoms with van der Waals surface area (Å²) < 4.78 is 0. The zero-order valence-corrected chi connectivity index (χ0v) is 13.3. The monoisotopic (exact) mass is 286 g/mol. The van der Waals surface area contributed by atoms with Gasteiger partial charge in [0.25, 0.3) is 0 Å². The third-order valence-electron chi connectivity index (χ3n) is 5.14. The highest BCUT2D eigenvalue weighted by Crippen LogP contribution is 2.26. The summed E-state index contributed by atoms with van der Waals surface area (Å²) >= 11 is 0. The van der Waals surface area contributed by atoms with E-state index in [4.69, 9.17) is 0 Å². The number of hydrogen-bond donors (Lipinski definition) is 1. The lowest BCUT2D eigenvalue weighted by Gasteiger charge is -2.21. The minimum atomic E-state index is 0.971. The van der Waals surface area contributed by atoms with Gasteiger partial charge >= 0.3 is 0 Å². The van der Waals surface area contributed by atoms with Crippen LogP contribution in [0.5, 0.6) is 0 Å². The lowest BCUT2D eigenvalue weighted by molar-refractivity contribution is 0.331. The molecule has 2 fully saturated rings. The molecule has 1 heterocycles. The van der Waals surface area contributed by atoms with Crippen LogP contribution in [0.2, 0.25) is 0 Å². The molecule has 2 aliphatic rings. The van der Waals surface area contributed by atoms with Gasteiger partial charge in [-0.1, -0.05) is 44.2 Å². The highest BCUT2D eigenvalue weighted by Gasteiger charge is 2.13. The van der Waals surface area contributed by atoms with Crippen LogP contribution >= 0.6 is 0 Å². The lowest BCUT2D eigenvalue weighted by Crippen LogP contribution is -2.18. The predicted octanol–water partition coefficient (Wildman–Crippen LogP) is 4.66. The second-order valence-electron chi connectivity index (χ2n) is 6.90. The molecule has 0 radical (unpaired) electrons. The van der Waals surface area contributed by atoms with Gasteiger partial charge in [0.05, 0.1) is 0 Å². The van der Waals surface area contributed by atoms with Crippen molar-refractivity contribution >= 4 is 5.69 Å². The molecule has 1 aromatic carbocycles. The fraction of sp³-hybridized carbons (Fsp3) is 0.684. The van der Waals surface area contributed by atoms with Gasteiger partial charge in [-0.05, 0) is 56.0 Å². The molecule has 3 rings (SSSR count). The van der Waals surface area contributed by atoms with E-state index in [-0.39, 0.29) is 0 Å². The standard InChI is InChI=1S/C19H30N2/c1-2-7-17(8-3-1)11-12-20-19-10-6-9-18(15-19)16-21-13-4-5-14-21/h6,9-10,15,17,20H,1-5,7-8,11-14,16H2. The first-order valence-corrected chi connectivity index (χ1v) is 8.95. The van der Waals surface area contributed by atoms with E-state index in [1.807, 2.05) is 0 Å². The summed E-state index contributed by atoms with van der Waals surface area (Å²) in [5.41, 5.74) is 2.77. The molecule has 1 aliphatic heterocycles. The SMILES string of the molecule is c1cc(CN2CCCC2)cc(NCCC2CCCCC2)c1. The van der Waals surface area contributed by atoms with Gasteiger partial charge in [0.2, 0.25) is 0 Å². The number of anilines is 1. The van der Waals surface area contributed by atoms with Gasteiger partial charge < -0.3 is 5.32 Å². The summed E-state index contributed by atoms with van der Waals surface area (Å²) in [6, 6.07) is 9.03. The number of benzene rings is 1. The first-order valence-electron chi connectivity index (χ1n) is 8.95. The first-order chi connectivity index (χ1) is 10.4. The third-order valence-corrected chi connectivity index (χ3v) is 5.14. The maximum absolute atomic E-state index is 3.64. The highest BCUT2D eigenvalue weighted by atomic mass is 15.1. The minimum absolute atomic E-state index is 0.971. The van der Waals surface area contributed by atoms with Crippen LogP contribution in [0.25, 0.3) is 0 Å². The maximum atomic E-state index is 3.64. The van der Waals surface area contributed by atoms with Crippen LogP contribution in [0.1, 0.15) is 56.9 Å². The Hall–Kier alpha value is -1.02. The molecule has 1 saturated carbocycles. The Balaban J connectivity index is 1.44. The number of nitrogens with zero attached hydrogens (tertiary/aromatic N) is 1. The van der Waals surface area contributed by atoms with E-state index in [0.717, 1.165) is 19.0 Å². The average Bonchev–Trinajstić information content (AvgIpc) is 3.02. The van der Waals surface area contributed by atoms with E-state index in [2.05, 4.69) is 34.5 Å². The van der Waals surface area contributed by atoms with Crippen molar-refractivity contribution in [1.82, 2.24) is 4.90 Å². The van der Waals surface area contributed by atoms with Crippen LogP contribution in [0, 0.1) is 5.92 Å². The summed E-state index contributed by atoms with van der Waals surface area (Å²) in [4.78, 5) is 2.57. The normalized spacial score (nSPS) is 20.8. The first kappa shape index (κ1) is 14.9. The summed E-state index contributed by atoms with van der Waals surface area (Å²) in [5, 5.41) is 3.64. The molecule has 0 unspecified atom stereocenters. The molecule has 21 heavy (non-hydrogen) atoms. The fourth-order valence-electron chi connectivity index (χ4n) is 3.88. The summed E-state index contributed by atoms with van der Waals surface area (Å²) in [6.45, 7) is 4.81. The Morgan fingerprint density at radius 3 is 2.62 bits per heavy atom. The fourth-order valence-corrected chi connectivity index (χ4v) is 3.88. The Labute approximate surface area is 129 Å². The number of hydrogen-bond acceptors (Lipinski definition) is 2. The zero-order valence-electron chi connectivity index (χ0n) is 13.3. The summed E-state index contributed by atoms with van der Waals surface area (Å²) in [5.74, 6) is 0.971. The Kier molecular flexibility index (Phi) is 5.56. The number of likely N-dealkylation sites (tertiary alicyclic amines) is 1. The Morgan fingerprint density at radius 2 is 1.81 bits per heavy atom. The Bertz CT molecular complexity index is 417. The molecule has 0 bridgehead atoms. The zero-order chi connectivity index (χ0) is 14.3. The molecule has 2 nitrogen and oxygen atoms in total. The van der Waals surface area contributed by atoms with Gasteiger partial charge in [-0.25, -0.2) is 0 Å². The predicted molar refractivity (Wildman–Crippen MR) is 90.6 cm³/mol. The molecule has 1 aliphatic carbocycles. The van der Waals surface area contributed by atoms with Crippen LogP contribution in [-0.4, -0.2) is 24.5 Å². The number of nitrogens with one attached hydrogen (secondary N) is 1. The molecule has 116 valence electrons. The topological polar surface area (TPSA) is 15.3 Å². The van der Waals surface area contributed by atoms with Gasteiger partial charge in [0.1, 0.15) is 0 Å². The van der Waals surface area contributed by atoms with Gasteiger partial charge in [-0.15, -0.1) is 0 Å². The highest BCUT2D eigenvalue weighted by molar-refractivity contribution is 5.45. The molecule has 1 saturated heterocycles. The van der Waals surface area contributed by atoms with E-state index in [1.165, 1.54) is 75.7 Å². The molecule has 0 aromatic heterocycles. The molecular formula is C19H30N2. The van der Waals surface area contributed by atoms with Crippen LogP contribution in [0.4, 0.5) is 5.69 Å². The molecule has 1 aromatic rings. The second-order valence-corrected chi connectivity index (χ2v) is 6.90. The van der Waals surface area contributed by atoms with E-state index in [9.17, 15) is 0 Å². The smallest absolute Gasteiger partial charge is 0.0343 e. The van der Waals surface area contributed by atoms with Crippen molar-refractivity contribution in [3.05, 3.63) is 29.8 Å². The maximum Gasteiger partial charge on any atom is 0.0343 e. The van der Waals surface area contributed by atoms with Crippen LogP contribution < -0.4 is 5.32 Å². The molecule has 0 spiro atoms. The summed E-state index contributed by atoms with van der Waals surface area (Å²) in [6.07, 6.45) is 11.4. The van der Waals surface area contributed by atoms with Crippen LogP contribution in [0.3, 0.4) is 0 Å². The van der Waals surface area contributed by atoms with E-state index in [1.54, 1.807) is 0 Å². The van der Waals surface area contributed by atoms with Crippen molar-refractivity contribution in [2.24, 2.45) is 5.92 Å². The van der Waals surface area contributed by atoms with Gasteiger partial charge in [-0.2, -0.15) is 0 Å². The van der Waals surface area contributed by atoms with Crippen LogP contribution in [0.15, 0.2) is 24.3 Å². The van der Waals surface area contributed by atoms with E-state index < -0.39 is 0 Å². The van der Waals surface area contributed by atoms with Gasteiger partial charge in [0.15, 0.2) is 0 Å². The third kappa shape index (κ3) is 4.74. The van der Waals surface area contributed by atoms with Gasteiger partial charge in [0, 0.05) is 18.8 Å². The van der Waals surface area contributed by atoms with Crippen molar-refractivity contribution in [2.75, 3.05) is 25.0 Å². The van der Waals surface area contributed by atoms with Crippen molar-refractivity contribution < 1.29 is 0 Å². The lowest BCUT2D eigenvalue weighted by atomic mass is 9.87. The van der Waals surface area contributed by atoms with Crippen molar-refractivity contribution in [1.29, 1.82) is 0 Å². The average molecular weight is 286 g/mol. The van der Waals surface area contributed by atoms with Gasteiger partial charge in [-0.3, -0.25) is 4.90 Å². The second kappa shape index (κ2) is 7.84. The summed E-state index contributed by atoms with van der Waals surface area (Å²) in [7, 11) is 0. The molecule has 0 amide bonds. The van der Waals surface area contributed by atoms with E-state index >= 15 is 0 Å². The molecule has 2 heteroatoms. The molecule has 1 N–H and O–H groups in total. The van der Waals surface area contributed by atoms with E-state index in [0.29, 0.717) is 0 Å². The van der Waals surface area contributed by atoms with Crippen LogP contribution in [-0.2, 0) is 6.54 Å². The largest absolute Gasteiger partial charge is 0.385 e. The van der Waals surface area contributed by atoms with Crippen molar-refractivity contribution in [2.45, 2.75) is 57.9 Å². The number of rotatable bonds is 6. The minimum Gasteiger partial charge on any atom is -0.385 e.